The molecule has 0 spiro atoms. The number of nitrogens with one attached hydrogen (secondary N) is 1. The Hall–Kier alpha value is -1.10. The number of benzene rings is 1. The van der Waals surface area contributed by atoms with Crippen LogP contribution in [0.15, 0.2) is 24.3 Å². The Bertz CT molecular complexity index is 550. The minimum atomic E-state index is -0.0782. The first-order valence-electron chi connectivity index (χ1n) is 8.06. The van der Waals surface area contributed by atoms with E-state index in [1.807, 2.05) is 31.2 Å². The predicted molar refractivity (Wildman–Crippen MR) is 88.6 cm³/mol. The molecular formula is C17H24ClN3O. The molecule has 1 saturated heterocycles. The van der Waals surface area contributed by atoms with Crippen LogP contribution in [0.2, 0.25) is 5.02 Å². The van der Waals surface area contributed by atoms with Crippen molar-refractivity contribution in [2.24, 2.45) is 17.6 Å². The van der Waals surface area contributed by atoms with Gasteiger partial charge in [-0.15, -0.1) is 0 Å². The summed E-state index contributed by atoms with van der Waals surface area (Å²) in [5, 5.41) is 3.74. The molecule has 3 rings (SSSR count). The van der Waals surface area contributed by atoms with Gasteiger partial charge >= 0.3 is 0 Å². The van der Waals surface area contributed by atoms with Crippen LogP contribution in [0.5, 0.6) is 0 Å². The molecule has 0 bridgehead atoms. The van der Waals surface area contributed by atoms with Gasteiger partial charge in [-0.25, -0.2) is 0 Å². The lowest BCUT2D eigenvalue weighted by Crippen LogP contribution is -2.38. The molecule has 0 aromatic heterocycles. The predicted octanol–water partition coefficient (Wildman–Crippen LogP) is 2.19. The number of rotatable bonds is 4. The van der Waals surface area contributed by atoms with Crippen LogP contribution in [0.25, 0.3) is 0 Å². The second kappa shape index (κ2) is 6.57. The Morgan fingerprint density at radius 3 is 2.91 bits per heavy atom. The van der Waals surface area contributed by atoms with Crippen LogP contribution in [0.1, 0.15) is 31.4 Å². The molecule has 4 unspecified atom stereocenters. The fourth-order valence-corrected chi connectivity index (χ4v) is 4.22. The molecule has 1 aromatic rings. The van der Waals surface area contributed by atoms with Gasteiger partial charge in [0.2, 0.25) is 5.91 Å². The van der Waals surface area contributed by atoms with Gasteiger partial charge < -0.3 is 11.1 Å². The molecule has 4 nitrogen and oxygen atoms in total. The van der Waals surface area contributed by atoms with Gasteiger partial charge in [-0.3, -0.25) is 9.69 Å². The van der Waals surface area contributed by atoms with Gasteiger partial charge in [0.15, 0.2) is 0 Å². The Balaban J connectivity index is 1.52. The van der Waals surface area contributed by atoms with E-state index in [-0.39, 0.29) is 11.9 Å². The third-order valence-electron chi connectivity index (χ3n) is 5.10. The summed E-state index contributed by atoms with van der Waals surface area (Å²) in [7, 11) is 0. The van der Waals surface area contributed by atoms with Gasteiger partial charge in [0.25, 0.3) is 0 Å². The Morgan fingerprint density at radius 1 is 1.41 bits per heavy atom. The lowest BCUT2D eigenvalue weighted by molar-refractivity contribution is -0.122. The van der Waals surface area contributed by atoms with E-state index < -0.39 is 0 Å². The summed E-state index contributed by atoms with van der Waals surface area (Å²) < 4.78 is 0. The number of halogens is 1. The molecule has 22 heavy (non-hydrogen) atoms. The van der Waals surface area contributed by atoms with Crippen molar-refractivity contribution in [2.45, 2.75) is 31.8 Å². The Kier molecular flexibility index (Phi) is 4.71. The number of carbonyl (C=O) groups is 1. The van der Waals surface area contributed by atoms with Gasteiger partial charge in [-0.2, -0.15) is 0 Å². The highest BCUT2D eigenvalue weighted by Crippen LogP contribution is 2.36. The van der Waals surface area contributed by atoms with Crippen molar-refractivity contribution in [3.63, 3.8) is 0 Å². The van der Waals surface area contributed by atoms with E-state index in [1.54, 1.807) is 0 Å². The summed E-state index contributed by atoms with van der Waals surface area (Å²) >= 11 is 6.18. The summed E-state index contributed by atoms with van der Waals surface area (Å²) in [4.78, 5) is 14.5. The van der Waals surface area contributed by atoms with Gasteiger partial charge in [0.05, 0.1) is 12.6 Å². The highest BCUT2D eigenvalue weighted by Gasteiger charge is 2.41. The zero-order valence-electron chi connectivity index (χ0n) is 13.0. The highest BCUT2D eigenvalue weighted by molar-refractivity contribution is 6.31. The van der Waals surface area contributed by atoms with Crippen LogP contribution in [-0.2, 0) is 4.79 Å². The van der Waals surface area contributed by atoms with E-state index in [9.17, 15) is 4.79 Å². The maximum Gasteiger partial charge on any atom is 0.234 e. The molecule has 120 valence electrons. The molecule has 1 saturated carbocycles. The maximum absolute atomic E-state index is 12.3. The summed E-state index contributed by atoms with van der Waals surface area (Å²) in [6.45, 7) is 4.38. The fraction of sp³-hybridized carbons (Fsp3) is 0.588. The fourth-order valence-electron chi connectivity index (χ4n) is 3.92. The number of carbonyl (C=O) groups excluding carboxylic acids is 1. The molecule has 1 heterocycles. The van der Waals surface area contributed by atoms with Gasteiger partial charge in [0.1, 0.15) is 0 Å². The summed E-state index contributed by atoms with van der Waals surface area (Å²) in [5.74, 6) is 1.32. The molecule has 1 aromatic carbocycles. The Morgan fingerprint density at radius 2 is 2.18 bits per heavy atom. The van der Waals surface area contributed by atoms with E-state index in [2.05, 4.69) is 10.2 Å². The second-order valence-corrected chi connectivity index (χ2v) is 7.08. The first kappa shape index (κ1) is 15.8. The molecule has 0 radical (unpaired) electrons. The number of amides is 1. The van der Waals surface area contributed by atoms with Gasteiger partial charge in [-0.1, -0.05) is 29.8 Å². The summed E-state index contributed by atoms with van der Waals surface area (Å²) in [6.07, 6.45) is 2.35. The van der Waals surface area contributed by atoms with Crippen LogP contribution in [0.4, 0.5) is 0 Å². The van der Waals surface area contributed by atoms with E-state index in [0.717, 1.165) is 25.1 Å². The molecule has 1 aliphatic carbocycles. The smallest absolute Gasteiger partial charge is 0.234 e. The Labute approximate surface area is 137 Å². The second-order valence-electron chi connectivity index (χ2n) is 6.67. The molecule has 1 amide bonds. The zero-order chi connectivity index (χ0) is 15.7. The third-order valence-corrected chi connectivity index (χ3v) is 5.45. The van der Waals surface area contributed by atoms with Crippen molar-refractivity contribution in [2.75, 3.05) is 19.6 Å². The summed E-state index contributed by atoms with van der Waals surface area (Å²) in [6, 6.07) is 7.87. The van der Waals surface area contributed by atoms with Crippen LogP contribution >= 0.6 is 11.6 Å². The minimum absolute atomic E-state index is 0.0564. The molecule has 5 heteroatoms. The molecule has 2 fully saturated rings. The van der Waals surface area contributed by atoms with Crippen molar-refractivity contribution < 1.29 is 4.79 Å². The lowest BCUT2D eigenvalue weighted by atomic mass is 9.98. The number of hydrogen-bond donors (Lipinski definition) is 2. The van der Waals surface area contributed by atoms with Crippen LogP contribution in [0.3, 0.4) is 0 Å². The molecule has 2 aliphatic rings. The van der Waals surface area contributed by atoms with E-state index >= 15 is 0 Å². The van der Waals surface area contributed by atoms with Crippen LogP contribution in [0, 0.1) is 11.8 Å². The summed E-state index contributed by atoms with van der Waals surface area (Å²) in [5.41, 5.74) is 7.10. The maximum atomic E-state index is 12.3. The average molecular weight is 322 g/mol. The number of nitrogens with zero attached hydrogens (tertiary/aromatic N) is 1. The quantitative estimate of drug-likeness (QED) is 0.893. The van der Waals surface area contributed by atoms with Crippen molar-refractivity contribution in [1.82, 2.24) is 10.2 Å². The number of fused-ring (bicyclic) bond motifs is 1. The SMILES string of the molecule is CC(NC(=O)CN1CC2CCC(N)C2C1)c1ccccc1Cl. The topological polar surface area (TPSA) is 58.4 Å². The van der Waals surface area contributed by atoms with Gasteiger partial charge in [-0.05, 0) is 43.2 Å². The first-order valence-corrected chi connectivity index (χ1v) is 8.44. The monoisotopic (exact) mass is 321 g/mol. The van der Waals surface area contributed by atoms with Crippen molar-refractivity contribution >= 4 is 17.5 Å². The number of likely N-dealkylation sites (tertiary alicyclic amines) is 1. The standard InChI is InChI=1S/C17H24ClN3O/c1-11(13-4-2-3-5-15(13)18)20-17(22)10-21-8-12-6-7-16(19)14(12)9-21/h2-5,11-12,14,16H,6-10,19H2,1H3,(H,20,22). The first-order chi connectivity index (χ1) is 10.5. The van der Waals surface area contributed by atoms with Crippen LogP contribution < -0.4 is 11.1 Å². The average Bonchev–Trinajstić information content (AvgIpc) is 3.01. The van der Waals surface area contributed by atoms with Crippen molar-refractivity contribution in [1.29, 1.82) is 0 Å². The van der Waals surface area contributed by atoms with Crippen LogP contribution in [-0.4, -0.2) is 36.5 Å². The van der Waals surface area contributed by atoms with Crippen molar-refractivity contribution in [3.05, 3.63) is 34.9 Å². The third kappa shape index (κ3) is 3.29. The molecule has 4 atom stereocenters. The lowest BCUT2D eigenvalue weighted by Gasteiger charge is -2.20. The number of hydrogen-bond acceptors (Lipinski definition) is 3. The minimum Gasteiger partial charge on any atom is -0.348 e. The zero-order valence-corrected chi connectivity index (χ0v) is 13.7. The van der Waals surface area contributed by atoms with E-state index in [1.165, 1.54) is 6.42 Å². The van der Waals surface area contributed by atoms with E-state index in [4.69, 9.17) is 17.3 Å². The molecule has 3 N–H and O–H groups in total. The van der Waals surface area contributed by atoms with Crippen molar-refractivity contribution in [3.8, 4) is 0 Å². The normalized spacial score (nSPS) is 29.3. The van der Waals surface area contributed by atoms with Gasteiger partial charge in [0, 0.05) is 24.2 Å². The largest absolute Gasteiger partial charge is 0.348 e. The molecular weight excluding hydrogens is 298 g/mol. The molecule has 1 aliphatic heterocycles. The number of nitrogens with two attached hydrogens (primary N) is 1. The highest BCUT2D eigenvalue weighted by atomic mass is 35.5. The van der Waals surface area contributed by atoms with E-state index in [0.29, 0.717) is 29.4 Å².